The molecule has 82 valence electrons. The number of ether oxygens (including phenoxy) is 1. The Hall–Kier alpha value is -1.43. The van der Waals surface area contributed by atoms with Gasteiger partial charge in [0.05, 0.1) is 6.04 Å². The molecule has 2 rings (SSSR count). The second-order valence-electron chi connectivity index (χ2n) is 3.63. The van der Waals surface area contributed by atoms with Crippen molar-refractivity contribution in [3.63, 3.8) is 0 Å². The average Bonchev–Trinajstić information content (AvgIpc) is 2.74. The van der Waals surface area contributed by atoms with Crippen LogP contribution in [0.3, 0.4) is 0 Å². The molecule has 0 bridgehead atoms. The Bertz CT molecular complexity index is 309. The van der Waals surface area contributed by atoms with Crippen LogP contribution in [0.25, 0.3) is 0 Å². The van der Waals surface area contributed by atoms with E-state index in [-0.39, 0.29) is 25.1 Å². The first-order valence-electron chi connectivity index (χ1n) is 4.91. The number of hydrogen-bond donors (Lipinski definition) is 1. The number of rotatable bonds is 1. The van der Waals surface area contributed by atoms with E-state index in [2.05, 4.69) is 10.1 Å². The zero-order valence-electron chi connectivity index (χ0n) is 8.19. The van der Waals surface area contributed by atoms with Gasteiger partial charge in [0.25, 0.3) is 5.91 Å². The monoisotopic (exact) mass is 212 g/mol. The van der Waals surface area contributed by atoms with Crippen molar-refractivity contribution in [3.05, 3.63) is 0 Å². The van der Waals surface area contributed by atoms with Crippen LogP contribution in [0, 0.1) is 0 Å². The Morgan fingerprint density at radius 3 is 2.93 bits per heavy atom. The van der Waals surface area contributed by atoms with Gasteiger partial charge in [0, 0.05) is 0 Å². The second-order valence-corrected chi connectivity index (χ2v) is 3.63. The molecule has 0 aromatic rings. The molecular formula is C9H12N2O4. The van der Waals surface area contributed by atoms with Crippen LogP contribution in [-0.4, -0.2) is 48.4 Å². The zero-order valence-corrected chi connectivity index (χ0v) is 8.19. The minimum atomic E-state index is -0.527. The minimum absolute atomic E-state index is 0.254. The second kappa shape index (κ2) is 3.98. The first-order chi connectivity index (χ1) is 7.18. The minimum Gasteiger partial charge on any atom is -0.454 e. The first-order valence-corrected chi connectivity index (χ1v) is 4.91. The lowest BCUT2D eigenvalue weighted by molar-refractivity contribution is -0.167. The molecule has 2 heterocycles. The molecular weight excluding hydrogens is 200 g/mol. The lowest BCUT2D eigenvalue weighted by Crippen LogP contribution is -2.53. The van der Waals surface area contributed by atoms with Crippen LogP contribution in [0.4, 0.5) is 0 Å². The summed E-state index contributed by atoms with van der Waals surface area (Å²) in [6.45, 7) is 0.204. The quantitative estimate of drug-likeness (QED) is 0.429. The average molecular weight is 212 g/mol. The van der Waals surface area contributed by atoms with Crippen molar-refractivity contribution in [3.8, 4) is 0 Å². The van der Waals surface area contributed by atoms with Gasteiger partial charge in [-0.05, 0) is 19.4 Å². The molecule has 1 atom stereocenters. The van der Waals surface area contributed by atoms with Crippen molar-refractivity contribution >= 4 is 17.8 Å². The third-order valence-electron chi connectivity index (χ3n) is 2.57. The van der Waals surface area contributed by atoms with E-state index in [0.29, 0.717) is 0 Å². The van der Waals surface area contributed by atoms with Crippen LogP contribution < -0.4 is 5.32 Å². The van der Waals surface area contributed by atoms with Gasteiger partial charge in [0.1, 0.15) is 6.54 Å². The molecule has 0 unspecified atom stereocenters. The Kier molecular flexibility index (Phi) is 2.68. The summed E-state index contributed by atoms with van der Waals surface area (Å²) in [7, 11) is 0. The van der Waals surface area contributed by atoms with Crippen LogP contribution in [0.15, 0.2) is 0 Å². The summed E-state index contributed by atoms with van der Waals surface area (Å²) in [5.74, 6) is -1.27. The fraction of sp³-hybridized carbons (Fsp3) is 0.667. The Morgan fingerprint density at radius 1 is 1.47 bits per heavy atom. The standard InChI is InChI=1S/C9H12N2O4/c12-7-5-15-8(13)4-11(7)9(14)6-2-1-3-10-6/h6,10H,1-5H2/t6-/m0/s1. The molecule has 2 fully saturated rings. The van der Waals surface area contributed by atoms with Crippen molar-refractivity contribution in [2.24, 2.45) is 0 Å². The number of nitrogens with one attached hydrogen (secondary N) is 1. The smallest absolute Gasteiger partial charge is 0.326 e. The topological polar surface area (TPSA) is 75.7 Å². The third kappa shape index (κ3) is 1.99. The summed E-state index contributed by atoms with van der Waals surface area (Å²) >= 11 is 0. The van der Waals surface area contributed by atoms with E-state index in [4.69, 9.17) is 0 Å². The Labute approximate surface area is 86.6 Å². The highest BCUT2D eigenvalue weighted by atomic mass is 16.5. The summed E-state index contributed by atoms with van der Waals surface area (Å²) in [6, 6.07) is -0.320. The number of carbonyl (C=O) groups excluding carboxylic acids is 3. The fourth-order valence-electron chi connectivity index (χ4n) is 1.77. The summed E-state index contributed by atoms with van der Waals surface area (Å²) < 4.78 is 4.53. The number of amides is 2. The van der Waals surface area contributed by atoms with Crippen LogP contribution in [0.1, 0.15) is 12.8 Å². The van der Waals surface area contributed by atoms with Crippen molar-refractivity contribution < 1.29 is 19.1 Å². The van der Waals surface area contributed by atoms with E-state index in [1.807, 2.05) is 0 Å². The van der Waals surface area contributed by atoms with Crippen molar-refractivity contribution in [2.75, 3.05) is 19.7 Å². The molecule has 0 aromatic heterocycles. The SMILES string of the molecule is O=C1CN(C(=O)[C@@H]2CCCN2)C(=O)CO1. The van der Waals surface area contributed by atoms with Gasteiger partial charge in [-0.15, -0.1) is 0 Å². The molecule has 2 aliphatic rings. The van der Waals surface area contributed by atoms with Crippen LogP contribution in [-0.2, 0) is 19.1 Å². The van der Waals surface area contributed by atoms with Crippen LogP contribution in [0.5, 0.6) is 0 Å². The number of esters is 1. The Balaban J connectivity index is 2.04. The van der Waals surface area contributed by atoms with E-state index < -0.39 is 11.9 Å². The number of hydrogen-bond acceptors (Lipinski definition) is 5. The molecule has 0 aromatic carbocycles. The molecule has 6 heteroatoms. The molecule has 0 spiro atoms. The molecule has 2 amide bonds. The van der Waals surface area contributed by atoms with E-state index >= 15 is 0 Å². The van der Waals surface area contributed by atoms with Crippen molar-refractivity contribution in [1.29, 1.82) is 0 Å². The lowest BCUT2D eigenvalue weighted by atomic mass is 10.2. The van der Waals surface area contributed by atoms with Crippen LogP contribution in [0.2, 0.25) is 0 Å². The highest BCUT2D eigenvalue weighted by molar-refractivity contribution is 6.03. The maximum Gasteiger partial charge on any atom is 0.326 e. The third-order valence-corrected chi connectivity index (χ3v) is 2.57. The van der Waals surface area contributed by atoms with Gasteiger partial charge in [0.2, 0.25) is 5.91 Å². The predicted octanol–water partition coefficient (Wildman–Crippen LogP) is -1.35. The largest absolute Gasteiger partial charge is 0.454 e. The molecule has 0 saturated carbocycles. The predicted molar refractivity (Wildman–Crippen MR) is 48.7 cm³/mol. The van der Waals surface area contributed by atoms with Gasteiger partial charge in [-0.25, -0.2) is 0 Å². The zero-order chi connectivity index (χ0) is 10.8. The van der Waals surface area contributed by atoms with Crippen molar-refractivity contribution in [1.82, 2.24) is 10.2 Å². The molecule has 0 radical (unpaired) electrons. The number of imide groups is 1. The van der Waals surface area contributed by atoms with Gasteiger partial charge >= 0.3 is 5.97 Å². The summed E-state index contributed by atoms with van der Waals surface area (Å²) in [5.41, 5.74) is 0. The van der Waals surface area contributed by atoms with Gasteiger partial charge in [-0.2, -0.15) is 0 Å². The van der Waals surface area contributed by atoms with Crippen LogP contribution >= 0.6 is 0 Å². The maximum atomic E-state index is 11.8. The number of nitrogens with zero attached hydrogens (tertiary/aromatic N) is 1. The normalized spacial score (nSPS) is 26.7. The molecule has 15 heavy (non-hydrogen) atoms. The maximum absolute atomic E-state index is 11.8. The van der Waals surface area contributed by atoms with E-state index in [0.717, 1.165) is 24.3 Å². The molecule has 6 nitrogen and oxygen atoms in total. The summed E-state index contributed by atoms with van der Waals surface area (Å²) in [4.78, 5) is 35.1. The van der Waals surface area contributed by atoms with E-state index in [1.165, 1.54) is 0 Å². The van der Waals surface area contributed by atoms with E-state index in [9.17, 15) is 14.4 Å². The highest BCUT2D eigenvalue weighted by Gasteiger charge is 2.35. The van der Waals surface area contributed by atoms with Gasteiger partial charge in [-0.3, -0.25) is 19.3 Å². The first kappa shape index (κ1) is 10.1. The number of morpholine rings is 1. The van der Waals surface area contributed by atoms with Gasteiger partial charge in [0.15, 0.2) is 6.61 Å². The highest BCUT2D eigenvalue weighted by Crippen LogP contribution is 2.10. The molecule has 1 N–H and O–H groups in total. The summed E-state index contributed by atoms with van der Waals surface area (Å²) in [5, 5.41) is 2.99. The molecule has 2 aliphatic heterocycles. The Morgan fingerprint density at radius 2 is 2.27 bits per heavy atom. The number of carbonyl (C=O) groups is 3. The molecule has 0 aliphatic carbocycles. The van der Waals surface area contributed by atoms with Gasteiger partial charge < -0.3 is 10.1 Å². The fourth-order valence-corrected chi connectivity index (χ4v) is 1.77. The summed E-state index contributed by atoms with van der Waals surface area (Å²) in [6.07, 6.45) is 1.64. The van der Waals surface area contributed by atoms with Crippen molar-refractivity contribution in [2.45, 2.75) is 18.9 Å². The van der Waals surface area contributed by atoms with Gasteiger partial charge in [-0.1, -0.05) is 0 Å². The molecule has 2 saturated heterocycles. The number of cyclic esters (lactones) is 1. The van der Waals surface area contributed by atoms with E-state index in [1.54, 1.807) is 0 Å². The lowest BCUT2D eigenvalue weighted by Gasteiger charge is -2.26.